The third-order valence-corrected chi connectivity index (χ3v) is 2.88. The molecule has 1 heteroatoms. The minimum absolute atomic E-state index is 1.03. The smallest absolute Gasteiger partial charge is 0.0433 e. The molecule has 0 unspecified atom stereocenters. The van der Waals surface area contributed by atoms with E-state index in [1.807, 2.05) is 6.20 Å². The van der Waals surface area contributed by atoms with Crippen LogP contribution in [0.2, 0.25) is 0 Å². The highest BCUT2D eigenvalue weighted by Gasteiger charge is 2.18. The Bertz CT molecular complexity index is 321. The highest BCUT2D eigenvalue weighted by molar-refractivity contribution is 5.42. The Labute approximate surface area is 79.7 Å². The van der Waals surface area contributed by atoms with Gasteiger partial charge in [0.1, 0.15) is 0 Å². The van der Waals surface area contributed by atoms with Gasteiger partial charge >= 0.3 is 0 Å². The van der Waals surface area contributed by atoms with Crippen LogP contribution >= 0.6 is 0 Å². The lowest BCUT2D eigenvalue weighted by atomic mass is 10.0. The number of aryl methyl sites for hydroxylation is 2. The van der Waals surface area contributed by atoms with E-state index >= 15 is 0 Å². The monoisotopic (exact) mass is 173 g/mol. The van der Waals surface area contributed by atoms with Gasteiger partial charge in [0.05, 0.1) is 0 Å². The second-order valence-corrected chi connectivity index (χ2v) is 3.74. The Morgan fingerprint density at radius 3 is 2.00 bits per heavy atom. The fourth-order valence-electron chi connectivity index (χ4n) is 1.96. The molecule has 1 aromatic carbocycles. The van der Waals surface area contributed by atoms with Crippen molar-refractivity contribution in [3.8, 4) is 0 Å². The molecule has 1 aliphatic rings. The van der Waals surface area contributed by atoms with Crippen LogP contribution in [0.15, 0.2) is 24.9 Å². The van der Waals surface area contributed by atoms with E-state index in [-0.39, 0.29) is 0 Å². The van der Waals surface area contributed by atoms with E-state index in [0.717, 1.165) is 13.1 Å². The van der Waals surface area contributed by atoms with Gasteiger partial charge in [0, 0.05) is 13.1 Å². The van der Waals surface area contributed by atoms with Gasteiger partial charge in [0.25, 0.3) is 0 Å². The van der Waals surface area contributed by atoms with Gasteiger partial charge in [-0.25, -0.2) is 0 Å². The molecule has 1 aliphatic heterocycles. The summed E-state index contributed by atoms with van der Waals surface area (Å²) >= 11 is 0. The molecule has 68 valence electrons. The maximum Gasteiger partial charge on any atom is 0.0433 e. The summed E-state index contributed by atoms with van der Waals surface area (Å²) in [5.41, 5.74) is 5.81. The SMILES string of the molecule is C=CN1Cc2c(C)ccc(C)c2C1. The molecule has 0 spiro atoms. The quantitative estimate of drug-likeness (QED) is 0.631. The van der Waals surface area contributed by atoms with Gasteiger partial charge in [0.15, 0.2) is 0 Å². The predicted molar refractivity (Wildman–Crippen MR) is 55.4 cm³/mol. The Morgan fingerprint density at radius 2 is 1.62 bits per heavy atom. The summed E-state index contributed by atoms with van der Waals surface area (Å²) in [5.74, 6) is 0. The maximum absolute atomic E-state index is 3.81. The molecule has 2 rings (SSSR count). The third kappa shape index (κ3) is 1.24. The molecule has 0 bridgehead atoms. The molecule has 0 saturated carbocycles. The molecule has 0 radical (unpaired) electrons. The standard InChI is InChI=1S/C12H15N/c1-4-13-7-11-9(2)5-6-10(3)12(11)8-13/h4-6H,1,7-8H2,2-3H3. The van der Waals surface area contributed by atoms with Gasteiger partial charge < -0.3 is 4.90 Å². The highest BCUT2D eigenvalue weighted by atomic mass is 15.1. The van der Waals surface area contributed by atoms with Gasteiger partial charge in [-0.3, -0.25) is 0 Å². The summed E-state index contributed by atoms with van der Waals surface area (Å²) in [5, 5.41) is 0. The normalized spacial score (nSPS) is 14.5. The van der Waals surface area contributed by atoms with Crippen LogP contribution in [0.3, 0.4) is 0 Å². The minimum Gasteiger partial charge on any atom is -0.369 e. The summed E-state index contributed by atoms with van der Waals surface area (Å²) < 4.78 is 0. The van der Waals surface area contributed by atoms with Crippen molar-refractivity contribution >= 4 is 0 Å². The number of nitrogens with zero attached hydrogens (tertiary/aromatic N) is 1. The van der Waals surface area contributed by atoms with Crippen molar-refractivity contribution in [3.05, 3.63) is 47.2 Å². The zero-order chi connectivity index (χ0) is 9.42. The Hall–Kier alpha value is -1.24. The molecule has 0 aromatic heterocycles. The lowest BCUT2D eigenvalue weighted by Crippen LogP contribution is -2.06. The Balaban J connectivity index is 2.49. The summed E-state index contributed by atoms with van der Waals surface area (Å²) in [7, 11) is 0. The first-order valence-electron chi connectivity index (χ1n) is 4.67. The van der Waals surface area contributed by atoms with E-state index in [1.165, 1.54) is 22.3 Å². The van der Waals surface area contributed by atoms with E-state index in [4.69, 9.17) is 0 Å². The first kappa shape index (κ1) is 8.36. The third-order valence-electron chi connectivity index (χ3n) is 2.88. The van der Waals surface area contributed by atoms with Crippen molar-refractivity contribution in [2.24, 2.45) is 0 Å². The van der Waals surface area contributed by atoms with Crippen LogP contribution in [-0.4, -0.2) is 4.90 Å². The number of benzene rings is 1. The van der Waals surface area contributed by atoms with Crippen molar-refractivity contribution < 1.29 is 0 Å². The topological polar surface area (TPSA) is 3.24 Å². The number of fused-ring (bicyclic) bond motifs is 1. The second kappa shape index (κ2) is 2.91. The molecule has 0 saturated heterocycles. The zero-order valence-corrected chi connectivity index (χ0v) is 8.30. The first-order chi connectivity index (χ1) is 6.22. The van der Waals surface area contributed by atoms with Crippen LogP contribution in [-0.2, 0) is 13.1 Å². The molecule has 0 atom stereocenters. The van der Waals surface area contributed by atoms with Crippen molar-refractivity contribution in [2.75, 3.05) is 0 Å². The van der Waals surface area contributed by atoms with E-state index < -0.39 is 0 Å². The molecule has 0 amide bonds. The molecular weight excluding hydrogens is 158 g/mol. The predicted octanol–water partition coefficient (Wildman–Crippen LogP) is 2.76. The molecule has 1 aromatic rings. The first-order valence-corrected chi connectivity index (χ1v) is 4.67. The van der Waals surface area contributed by atoms with E-state index in [2.05, 4.69) is 37.5 Å². The Kier molecular flexibility index (Phi) is 1.87. The number of hydrogen-bond acceptors (Lipinski definition) is 1. The van der Waals surface area contributed by atoms with Crippen LogP contribution in [0, 0.1) is 13.8 Å². The Morgan fingerprint density at radius 1 is 1.15 bits per heavy atom. The molecular formula is C12H15N. The highest BCUT2D eigenvalue weighted by Crippen LogP contribution is 2.28. The van der Waals surface area contributed by atoms with Gasteiger partial charge in [-0.1, -0.05) is 18.7 Å². The average molecular weight is 173 g/mol. The minimum atomic E-state index is 1.03. The lowest BCUT2D eigenvalue weighted by molar-refractivity contribution is 0.400. The summed E-state index contributed by atoms with van der Waals surface area (Å²) in [4.78, 5) is 2.25. The van der Waals surface area contributed by atoms with E-state index in [9.17, 15) is 0 Å². The molecule has 0 N–H and O–H groups in total. The zero-order valence-electron chi connectivity index (χ0n) is 8.30. The molecule has 13 heavy (non-hydrogen) atoms. The maximum atomic E-state index is 3.81. The van der Waals surface area contributed by atoms with E-state index in [1.54, 1.807) is 0 Å². The molecule has 1 heterocycles. The van der Waals surface area contributed by atoms with Crippen LogP contribution < -0.4 is 0 Å². The number of hydrogen-bond donors (Lipinski definition) is 0. The van der Waals surface area contributed by atoms with Crippen molar-refractivity contribution in [3.63, 3.8) is 0 Å². The van der Waals surface area contributed by atoms with Crippen LogP contribution in [0.25, 0.3) is 0 Å². The molecule has 0 fully saturated rings. The average Bonchev–Trinajstić information content (AvgIpc) is 2.56. The van der Waals surface area contributed by atoms with Gasteiger partial charge in [-0.2, -0.15) is 0 Å². The summed E-state index contributed by atoms with van der Waals surface area (Å²) in [6, 6.07) is 4.42. The lowest BCUT2D eigenvalue weighted by Gasteiger charge is -2.09. The molecule has 1 nitrogen and oxygen atoms in total. The fraction of sp³-hybridized carbons (Fsp3) is 0.333. The van der Waals surface area contributed by atoms with Crippen LogP contribution in [0.5, 0.6) is 0 Å². The number of rotatable bonds is 1. The van der Waals surface area contributed by atoms with Crippen LogP contribution in [0.4, 0.5) is 0 Å². The fourth-order valence-corrected chi connectivity index (χ4v) is 1.96. The van der Waals surface area contributed by atoms with E-state index in [0.29, 0.717) is 0 Å². The van der Waals surface area contributed by atoms with Crippen molar-refractivity contribution in [1.29, 1.82) is 0 Å². The van der Waals surface area contributed by atoms with Crippen molar-refractivity contribution in [2.45, 2.75) is 26.9 Å². The summed E-state index contributed by atoms with van der Waals surface area (Å²) in [6.45, 7) is 10.2. The van der Waals surface area contributed by atoms with Gasteiger partial charge in [-0.15, -0.1) is 0 Å². The second-order valence-electron chi connectivity index (χ2n) is 3.74. The van der Waals surface area contributed by atoms with Gasteiger partial charge in [-0.05, 0) is 42.3 Å². The van der Waals surface area contributed by atoms with Gasteiger partial charge in [0.2, 0.25) is 0 Å². The van der Waals surface area contributed by atoms with Crippen molar-refractivity contribution in [1.82, 2.24) is 4.90 Å². The largest absolute Gasteiger partial charge is 0.369 e. The molecule has 0 aliphatic carbocycles. The summed E-state index contributed by atoms with van der Waals surface area (Å²) in [6.07, 6.45) is 1.93. The van der Waals surface area contributed by atoms with Crippen LogP contribution in [0.1, 0.15) is 22.3 Å².